The van der Waals surface area contributed by atoms with Crippen molar-refractivity contribution < 1.29 is 19.8 Å². The summed E-state index contributed by atoms with van der Waals surface area (Å²) in [5.41, 5.74) is 3.68. The van der Waals surface area contributed by atoms with Crippen LogP contribution in [0.1, 0.15) is 35.6 Å². The molecule has 0 heterocycles. The summed E-state index contributed by atoms with van der Waals surface area (Å²) < 4.78 is 5.86. The summed E-state index contributed by atoms with van der Waals surface area (Å²) in [6.07, 6.45) is 0.178. The van der Waals surface area contributed by atoms with Gasteiger partial charge < -0.3 is 9.84 Å². The quantitative estimate of drug-likeness (QED) is 0.628. The Morgan fingerprint density at radius 2 is 1.96 bits per heavy atom. The highest BCUT2D eigenvalue weighted by Gasteiger charge is 2.18. The second-order valence-electron chi connectivity index (χ2n) is 5.69. The summed E-state index contributed by atoms with van der Waals surface area (Å²) in [5, 5.41) is 20.3. The largest absolute Gasteiger partial charge is 0.489 e. The lowest BCUT2D eigenvalue weighted by atomic mass is 10.1. The van der Waals surface area contributed by atoms with E-state index in [1.165, 1.54) is 0 Å². The topological polar surface area (TPSA) is 70.0 Å². The lowest BCUT2D eigenvalue weighted by Crippen LogP contribution is -2.27. The summed E-state index contributed by atoms with van der Waals surface area (Å²) in [6.45, 7) is 5.58. The Labute approximate surface area is 142 Å². The van der Waals surface area contributed by atoms with Gasteiger partial charge in [0.2, 0.25) is 5.91 Å². The fraction of sp³-hybridized carbons (Fsp3) is 0.316. The summed E-state index contributed by atoms with van der Waals surface area (Å²) >= 11 is 0. The molecule has 1 amide bonds. The number of benzene rings is 2. The van der Waals surface area contributed by atoms with Gasteiger partial charge in [0.1, 0.15) is 12.4 Å². The third-order valence-corrected chi connectivity index (χ3v) is 3.89. The van der Waals surface area contributed by atoms with Gasteiger partial charge in [-0.3, -0.25) is 10.0 Å². The van der Waals surface area contributed by atoms with E-state index in [4.69, 9.17) is 4.74 Å². The van der Waals surface area contributed by atoms with Crippen molar-refractivity contribution in [3.63, 3.8) is 0 Å². The van der Waals surface area contributed by atoms with Crippen molar-refractivity contribution in [3.8, 4) is 5.75 Å². The van der Waals surface area contributed by atoms with Crippen molar-refractivity contribution in [3.05, 3.63) is 58.7 Å². The number of hydroxylamine groups is 1. The van der Waals surface area contributed by atoms with E-state index in [0.29, 0.717) is 21.9 Å². The minimum atomic E-state index is -0.419. The molecule has 0 spiro atoms. The van der Waals surface area contributed by atoms with E-state index in [2.05, 4.69) is 0 Å². The van der Waals surface area contributed by atoms with Crippen LogP contribution in [0.4, 0.5) is 5.69 Å². The normalized spacial score (nSPS) is 10.5. The molecule has 5 nitrogen and oxygen atoms in total. The molecule has 0 bridgehead atoms. The van der Waals surface area contributed by atoms with E-state index in [9.17, 15) is 15.1 Å². The molecule has 2 aromatic carbocycles. The van der Waals surface area contributed by atoms with Crippen molar-refractivity contribution in [1.82, 2.24) is 0 Å². The van der Waals surface area contributed by atoms with Gasteiger partial charge in [0.05, 0.1) is 12.3 Å². The molecule has 128 valence electrons. The van der Waals surface area contributed by atoms with Gasteiger partial charge in [0, 0.05) is 12.0 Å². The smallest absolute Gasteiger partial charge is 0.250 e. The standard InChI is InChI=1S/C19H23NO4/c1-4-19(22)20(23)17-7-5-6-15(11-21)16(17)12-24-18-9-8-13(2)10-14(18)3/h5-10,21,23H,4,11-12H2,1-3H3. The van der Waals surface area contributed by atoms with E-state index in [-0.39, 0.29) is 19.6 Å². The van der Waals surface area contributed by atoms with Gasteiger partial charge in [0.15, 0.2) is 0 Å². The first kappa shape index (κ1) is 18.0. The van der Waals surface area contributed by atoms with Crippen molar-refractivity contribution >= 4 is 11.6 Å². The third-order valence-electron chi connectivity index (χ3n) is 3.89. The maximum atomic E-state index is 11.8. The van der Waals surface area contributed by atoms with Crippen LogP contribution in [0.15, 0.2) is 36.4 Å². The number of amides is 1. The Morgan fingerprint density at radius 3 is 2.58 bits per heavy atom. The molecule has 0 aliphatic carbocycles. The number of anilines is 1. The first-order valence-electron chi connectivity index (χ1n) is 7.91. The molecule has 24 heavy (non-hydrogen) atoms. The zero-order valence-electron chi connectivity index (χ0n) is 14.2. The van der Waals surface area contributed by atoms with Crippen LogP contribution in [0.3, 0.4) is 0 Å². The van der Waals surface area contributed by atoms with Crippen LogP contribution >= 0.6 is 0 Å². The molecule has 2 N–H and O–H groups in total. The molecule has 2 aromatic rings. The number of nitrogens with zero attached hydrogens (tertiary/aromatic N) is 1. The Hall–Kier alpha value is -2.37. The van der Waals surface area contributed by atoms with Gasteiger partial charge in [-0.25, -0.2) is 0 Å². The predicted molar refractivity (Wildman–Crippen MR) is 92.2 cm³/mol. The summed E-state index contributed by atoms with van der Waals surface area (Å²) in [7, 11) is 0. The molecule has 0 unspecified atom stereocenters. The highest BCUT2D eigenvalue weighted by molar-refractivity contribution is 5.91. The number of hydrogen-bond acceptors (Lipinski definition) is 4. The molecule has 0 saturated carbocycles. The molecule has 0 fully saturated rings. The number of ether oxygens (including phenoxy) is 1. The van der Waals surface area contributed by atoms with Gasteiger partial charge in [-0.1, -0.05) is 36.8 Å². The monoisotopic (exact) mass is 329 g/mol. The van der Waals surface area contributed by atoms with Crippen LogP contribution in [0.25, 0.3) is 0 Å². The molecule has 2 rings (SSSR count). The lowest BCUT2D eigenvalue weighted by molar-refractivity contribution is -0.123. The molecule has 0 atom stereocenters. The highest BCUT2D eigenvalue weighted by atomic mass is 16.5. The third kappa shape index (κ3) is 3.93. The minimum Gasteiger partial charge on any atom is -0.489 e. The van der Waals surface area contributed by atoms with Gasteiger partial charge in [-0.05, 0) is 37.1 Å². The van der Waals surface area contributed by atoms with Gasteiger partial charge in [-0.2, -0.15) is 5.06 Å². The zero-order valence-corrected chi connectivity index (χ0v) is 14.2. The second kappa shape index (κ2) is 7.95. The van der Waals surface area contributed by atoms with Crippen LogP contribution in [0.2, 0.25) is 0 Å². The van der Waals surface area contributed by atoms with E-state index < -0.39 is 5.91 Å². The Morgan fingerprint density at radius 1 is 1.21 bits per heavy atom. The van der Waals surface area contributed by atoms with Crippen LogP contribution in [-0.4, -0.2) is 16.2 Å². The van der Waals surface area contributed by atoms with Crippen molar-refractivity contribution in [1.29, 1.82) is 0 Å². The lowest BCUT2D eigenvalue weighted by Gasteiger charge is -2.21. The number of aryl methyl sites for hydroxylation is 2. The van der Waals surface area contributed by atoms with Crippen molar-refractivity contribution in [2.45, 2.75) is 40.4 Å². The molecular weight excluding hydrogens is 306 g/mol. The zero-order chi connectivity index (χ0) is 17.7. The Bertz CT molecular complexity index is 727. The van der Waals surface area contributed by atoms with Crippen LogP contribution in [-0.2, 0) is 18.0 Å². The molecule has 5 heteroatoms. The van der Waals surface area contributed by atoms with Crippen molar-refractivity contribution in [2.24, 2.45) is 0 Å². The maximum Gasteiger partial charge on any atom is 0.250 e. The number of carbonyl (C=O) groups is 1. The maximum absolute atomic E-state index is 11.8. The second-order valence-corrected chi connectivity index (χ2v) is 5.69. The van der Waals surface area contributed by atoms with Crippen LogP contribution in [0, 0.1) is 13.8 Å². The number of rotatable bonds is 6. The SMILES string of the molecule is CCC(=O)N(O)c1cccc(CO)c1COc1ccc(C)cc1C. The molecular formula is C19H23NO4. The molecule has 0 saturated heterocycles. The highest BCUT2D eigenvalue weighted by Crippen LogP contribution is 2.27. The van der Waals surface area contributed by atoms with Crippen LogP contribution in [0.5, 0.6) is 5.75 Å². The van der Waals surface area contributed by atoms with Crippen LogP contribution < -0.4 is 9.80 Å². The molecule has 0 aliphatic heterocycles. The van der Waals surface area contributed by atoms with Gasteiger partial charge in [-0.15, -0.1) is 0 Å². The summed E-state index contributed by atoms with van der Waals surface area (Å²) in [5.74, 6) is 0.309. The molecule has 0 aromatic heterocycles. The first-order chi connectivity index (χ1) is 11.5. The predicted octanol–water partition coefficient (Wildman–Crippen LogP) is 3.51. The molecule has 0 aliphatic rings. The van der Waals surface area contributed by atoms with Gasteiger partial charge in [0.25, 0.3) is 0 Å². The first-order valence-corrected chi connectivity index (χ1v) is 7.91. The Kier molecular flexibility index (Phi) is 5.95. The van der Waals surface area contributed by atoms with E-state index in [0.717, 1.165) is 16.9 Å². The fourth-order valence-corrected chi connectivity index (χ4v) is 2.53. The summed E-state index contributed by atoms with van der Waals surface area (Å²) in [4.78, 5) is 11.8. The fourth-order valence-electron chi connectivity index (χ4n) is 2.53. The summed E-state index contributed by atoms with van der Waals surface area (Å²) in [6, 6.07) is 10.9. The van der Waals surface area contributed by atoms with Gasteiger partial charge >= 0.3 is 0 Å². The molecule has 0 radical (unpaired) electrons. The average molecular weight is 329 g/mol. The Balaban J connectivity index is 2.32. The number of carbonyl (C=O) groups excluding carboxylic acids is 1. The van der Waals surface area contributed by atoms with E-state index >= 15 is 0 Å². The number of aliphatic hydroxyl groups is 1. The number of aliphatic hydroxyl groups excluding tert-OH is 1. The van der Waals surface area contributed by atoms with E-state index in [1.807, 2.05) is 32.0 Å². The van der Waals surface area contributed by atoms with Crippen molar-refractivity contribution in [2.75, 3.05) is 5.06 Å². The van der Waals surface area contributed by atoms with E-state index in [1.54, 1.807) is 25.1 Å². The minimum absolute atomic E-state index is 0.143. The number of hydrogen-bond donors (Lipinski definition) is 2. The average Bonchev–Trinajstić information content (AvgIpc) is 2.59.